The lowest BCUT2D eigenvalue weighted by molar-refractivity contribution is 0.0758. The minimum absolute atomic E-state index is 0.320. The molecule has 0 saturated carbocycles. The molecule has 7 nitrogen and oxygen atoms in total. The number of nitrogens with one attached hydrogen (secondary N) is 1. The third-order valence-electron chi connectivity index (χ3n) is 3.32. The molecular formula is C13H15N5O2S. The van der Waals surface area contributed by atoms with Crippen molar-refractivity contribution >= 4 is 29.0 Å². The van der Waals surface area contributed by atoms with Crippen LogP contribution in [0.25, 0.3) is 0 Å². The van der Waals surface area contributed by atoms with Gasteiger partial charge in [0.25, 0.3) is 0 Å². The highest BCUT2D eigenvalue weighted by Gasteiger charge is 2.46. The zero-order valence-electron chi connectivity index (χ0n) is 11.7. The molecule has 0 radical (unpaired) electrons. The Morgan fingerprint density at radius 1 is 1.19 bits per heavy atom. The number of amides is 4. The quantitative estimate of drug-likeness (QED) is 0.899. The van der Waals surface area contributed by atoms with Gasteiger partial charge in [-0.05, 0) is 17.3 Å². The lowest BCUT2D eigenvalue weighted by Gasteiger charge is -2.38. The fraction of sp³-hybridized carbons (Fsp3) is 0.308. The van der Waals surface area contributed by atoms with E-state index in [0.717, 1.165) is 10.5 Å². The Morgan fingerprint density at radius 2 is 1.90 bits per heavy atom. The first-order valence-electron chi connectivity index (χ1n) is 6.43. The second kappa shape index (κ2) is 5.28. The van der Waals surface area contributed by atoms with Crippen molar-refractivity contribution in [2.45, 2.75) is 12.0 Å². The summed E-state index contributed by atoms with van der Waals surface area (Å²) in [6, 6.07) is 9.16. The summed E-state index contributed by atoms with van der Waals surface area (Å²) in [5.74, 6) is 0. The first kappa shape index (κ1) is 13.7. The number of hydrogen-bond acceptors (Lipinski definition) is 4. The smallest absolute Gasteiger partial charge is 0.296 e. The standard InChI is InChI=1S/C13H15N5O2S/c1-16-11(19)17(2)13-18(12(16)20)15-10(21-13)14-8-9-6-4-3-5-7-9/h3-7,13H,8H2,1-2H3,(H,14,15)/t13-/m1/s1. The molecule has 0 unspecified atom stereocenters. The summed E-state index contributed by atoms with van der Waals surface area (Å²) in [6.45, 7) is 0.526. The molecule has 3 rings (SSSR count). The van der Waals surface area contributed by atoms with Crippen LogP contribution in [0.2, 0.25) is 0 Å². The Hall–Kier alpha value is -2.22. The Morgan fingerprint density at radius 3 is 2.62 bits per heavy atom. The Kier molecular flexibility index (Phi) is 3.46. The molecule has 2 fully saturated rings. The normalized spacial score (nSPS) is 23.6. The van der Waals surface area contributed by atoms with E-state index in [0.29, 0.717) is 11.7 Å². The highest BCUT2D eigenvalue weighted by atomic mass is 32.2. The number of fused-ring (bicyclic) bond motifs is 1. The molecule has 1 aromatic carbocycles. The van der Waals surface area contributed by atoms with Crippen molar-refractivity contribution in [3.05, 3.63) is 35.9 Å². The molecule has 0 aliphatic carbocycles. The monoisotopic (exact) mass is 305 g/mol. The largest absolute Gasteiger partial charge is 0.349 e. The molecular weight excluding hydrogens is 290 g/mol. The van der Waals surface area contributed by atoms with Crippen molar-refractivity contribution in [1.29, 1.82) is 0 Å². The van der Waals surface area contributed by atoms with Crippen molar-refractivity contribution in [3.63, 3.8) is 0 Å². The molecule has 2 saturated heterocycles. The van der Waals surface area contributed by atoms with E-state index in [1.807, 2.05) is 30.3 Å². The number of nitrogens with zero attached hydrogens (tertiary/aromatic N) is 4. The van der Waals surface area contributed by atoms with Crippen LogP contribution in [0.4, 0.5) is 9.59 Å². The van der Waals surface area contributed by atoms with Gasteiger partial charge in [0.05, 0.1) is 6.54 Å². The van der Waals surface area contributed by atoms with E-state index < -0.39 is 5.50 Å². The number of benzene rings is 1. The van der Waals surface area contributed by atoms with Gasteiger partial charge in [-0.25, -0.2) is 19.5 Å². The molecule has 0 spiro atoms. The van der Waals surface area contributed by atoms with Crippen LogP contribution in [0.5, 0.6) is 0 Å². The number of aliphatic imine (C=N–C) groups is 1. The first-order chi connectivity index (χ1) is 10.1. The van der Waals surface area contributed by atoms with Crippen LogP contribution >= 0.6 is 11.8 Å². The van der Waals surface area contributed by atoms with Gasteiger partial charge in [0, 0.05) is 14.1 Å². The minimum Gasteiger partial charge on any atom is -0.296 e. The lowest BCUT2D eigenvalue weighted by atomic mass is 10.2. The van der Waals surface area contributed by atoms with Crippen molar-refractivity contribution in [3.8, 4) is 0 Å². The third-order valence-corrected chi connectivity index (χ3v) is 4.50. The molecule has 0 bridgehead atoms. The molecule has 110 valence electrons. The molecule has 2 heterocycles. The number of rotatable bonds is 2. The second-order valence-electron chi connectivity index (χ2n) is 4.77. The average molecular weight is 305 g/mol. The van der Waals surface area contributed by atoms with E-state index in [4.69, 9.17) is 0 Å². The van der Waals surface area contributed by atoms with E-state index in [1.54, 1.807) is 7.05 Å². The summed E-state index contributed by atoms with van der Waals surface area (Å²) >= 11 is 1.35. The molecule has 21 heavy (non-hydrogen) atoms. The number of thioether (sulfide) groups is 1. The molecule has 0 aromatic heterocycles. The van der Waals surface area contributed by atoms with Crippen LogP contribution in [0.1, 0.15) is 5.56 Å². The van der Waals surface area contributed by atoms with Gasteiger partial charge in [0.15, 0.2) is 10.7 Å². The highest BCUT2D eigenvalue weighted by Crippen LogP contribution is 2.30. The molecule has 4 amide bonds. The van der Waals surface area contributed by atoms with Crippen molar-refractivity contribution < 1.29 is 9.59 Å². The number of imide groups is 1. The number of hydrazine groups is 1. The first-order valence-corrected chi connectivity index (χ1v) is 7.31. The number of hydrogen-bond donors (Lipinski definition) is 1. The maximum atomic E-state index is 12.1. The van der Waals surface area contributed by atoms with Gasteiger partial charge in [-0.2, -0.15) is 0 Å². The topological polar surface area (TPSA) is 68.2 Å². The predicted molar refractivity (Wildman–Crippen MR) is 80.3 cm³/mol. The molecule has 1 atom stereocenters. The highest BCUT2D eigenvalue weighted by molar-refractivity contribution is 8.14. The zero-order chi connectivity index (χ0) is 15.0. The Labute approximate surface area is 126 Å². The summed E-state index contributed by atoms with van der Waals surface area (Å²) in [7, 11) is 3.13. The van der Waals surface area contributed by atoms with Gasteiger partial charge in [-0.15, -0.1) is 0 Å². The van der Waals surface area contributed by atoms with Gasteiger partial charge in [0.1, 0.15) is 0 Å². The van der Waals surface area contributed by atoms with E-state index in [-0.39, 0.29) is 12.1 Å². The SMILES string of the molecule is CN1C(=O)N(C)[C@H]2SC(=NCc3ccccc3)NN2C1=O. The van der Waals surface area contributed by atoms with Gasteiger partial charge in [-0.1, -0.05) is 30.3 Å². The number of amidine groups is 1. The van der Waals surface area contributed by atoms with Crippen LogP contribution in [0.3, 0.4) is 0 Å². The summed E-state index contributed by atoms with van der Waals surface area (Å²) in [4.78, 5) is 31.0. The van der Waals surface area contributed by atoms with E-state index in [1.165, 1.54) is 28.7 Å². The summed E-state index contributed by atoms with van der Waals surface area (Å²) in [5.41, 5.74) is 3.65. The molecule has 2 aliphatic rings. The van der Waals surface area contributed by atoms with E-state index in [9.17, 15) is 9.59 Å². The van der Waals surface area contributed by atoms with Gasteiger partial charge < -0.3 is 0 Å². The molecule has 1 aromatic rings. The molecule has 1 N–H and O–H groups in total. The van der Waals surface area contributed by atoms with Crippen LogP contribution in [0, 0.1) is 0 Å². The summed E-state index contributed by atoms with van der Waals surface area (Å²) in [6.07, 6.45) is 0. The average Bonchev–Trinajstić information content (AvgIpc) is 2.94. The maximum Gasteiger partial charge on any atom is 0.349 e. The minimum atomic E-state index is -0.393. The zero-order valence-corrected chi connectivity index (χ0v) is 12.5. The molecule has 2 aliphatic heterocycles. The maximum absolute atomic E-state index is 12.1. The predicted octanol–water partition coefficient (Wildman–Crippen LogP) is 1.50. The van der Waals surface area contributed by atoms with Crippen LogP contribution in [-0.4, -0.2) is 51.6 Å². The fourth-order valence-electron chi connectivity index (χ4n) is 2.13. The van der Waals surface area contributed by atoms with Crippen molar-refractivity contribution in [2.24, 2.45) is 4.99 Å². The number of carbonyl (C=O) groups is 2. The number of carbonyl (C=O) groups excluding carboxylic acids is 2. The summed E-state index contributed by atoms with van der Waals surface area (Å²) in [5, 5.41) is 2.04. The third kappa shape index (κ3) is 2.42. The number of urea groups is 2. The Bertz CT molecular complexity index is 606. The van der Waals surface area contributed by atoms with Crippen LogP contribution in [0.15, 0.2) is 35.3 Å². The van der Waals surface area contributed by atoms with Gasteiger partial charge >= 0.3 is 12.1 Å². The fourth-order valence-corrected chi connectivity index (χ4v) is 3.11. The van der Waals surface area contributed by atoms with Crippen molar-refractivity contribution in [2.75, 3.05) is 14.1 Å². The van der Waals surface area contributed by atoms with E-state index >= 15 is 0 Å². The van der Waals surface area contributed by atoms with E-state index in [2.05, 4.69) is 10.4 Å². The van der Waals surface area contributed by atoms with Crippen molar-refractivity contribution in [1.82, 2.24) is 20.2 Å². The van der Waals surface area contributed by atoms with Crippen LogP contribution in [-0.2, 0) is 6.54 Å². The lowest BCUT2D eigenvalue weighted by Crippen LogP contribution is -2.63. The molecule has 8 heteroatoms. The van der Waals surface area contributed by atoms with Crippen LogP contribution < -0.4 is 5.43 Å². The summed E-state index contributed by atoms with van der Waals surface area (Å²) < 4.78 is 0. The van der Waals surface area contributed by atoms with Gasteiger partial charge in [-0.3, -0.25) is 15.3 Å². The Balaban J connectivity index is 1.75. The van der Waals surface area contributed by atoms with Gasteiger partial charge in [0.2, 0.25) is 0 Å². The second-order valence-corrected chi connectivity index (χ2v) is 5.81.